The van der Waals surface area contributed by atoms with Crippen molar-refractivity contribution in [2.75, 3.05) is 18.8 Å². The normalized spacial score (nSPS) is 18.6. The van der Waals surface area contributed by atoms with Gasteiger partial charge in [0.1, 0.15) is 0 Å². The van der Waals surface area contributed by atoms with Crippen LogP contribution in [-0.4, -0.2) is 33.3 Å². The van der Waals surface area contributed by atoms with Crippen LogP contribution in [-0.2, 0) is 10.0 Å². The summed E-state index contributed by atoms with van der Waals surface area (Å²) in [6.45, 7) is 5.64. The van der Waals surface area contributed by atoms with Gasteiger partial charge in [-0.1, -0.05) is 19.8 Å². The Labute approximate surface area is 99.2 Å². The maximum absolute atomic E-state index is 11.7. The van der Waals surface area contributed by atoms with Crippen LogP contribution in [0.5, 0.6) is 0 Å². The van der Waals surface area contributed by atoms with Crippen molar-refractivity contribution in [1.29, 1.82) is 0 Å². The van der Waals surface area contributed by atoms with Crippen LogP contribution in [0, 0.1) is 5.92 Å². The summed E-state index contributed by atoms with van der Waals surface area (Å²) in [7, 11) is -3.07. The van der Waals surface area contributed by atoms with Crippen LogP contribution >= 0.6 is 0 Å². The average Bonchev–Trinajstić information content (AvgIpc) is 2.95. The van der Waals surface area contributed by atoms with E-state index in [9.17, 15) is 8.42 Å². The highest BCUT2D eigenvalue weighted by Crippen LogP contribution is 2.33. The molecule has 0 amide bonds. The van der Waals surface area contributed by atoms with Crippen molar-refractivity contribution in [1.82, 2.24) is 10.0 Å². The molecule has 96 valence electrons. The van der Waals surface area contributed by atoms with E-state index < -0.39 is 10.0 Å². The summed E-state index contributed by atoms with van der Waals surface area (Å²) in [4.78, 5) is 0. The van der Waals surface area contributed by atoms with Crippen LogP contribution in [0.15, 0.2) is 0 Å². The minimum atomic E-state index is -3.07. The first kappa shape index (κ1) is 13.9. The van der Waals surface area contributed by atoms with Crippen molar-refractivity contribution in [3.63, 3.8) is 0 Å². The third kappa shape index (κ3) is 6.45. The van der Waals surface area contributed by atoms with Gasteiger partial charge in [-0.05, 0) is 38.8 Å². The predicted molar refractivity (Wildman–Crippen MR) is 66.9 cm³/mol. The second-order valence-electron chi connectivity index (χ2n) is 4.72. The third-order valence-electron chi connectivity index (χ3n) is 2.78. The van der Waals surface area contributed by atoms with E-state index in [1.54, 1.807) is 0 Å². The molecule has 0 aliphatic heterocycles. The van der Waals surface area contributed by atoms with Gasteiger partial charge in [-0.3, -0.25) is 0 Å². The first-order chi connectivity index (χ1) is 7.53. The van der Waals surface area contributed by atoms with E-state index >= 15 is 0 Å². The van der Waals surface area contributed by atoms with Gasteiger partial charge in [0.05, 0.1) is 5.75 Å². The van der Waals surface area contributed by atoms with Gasteiger partial charge in [0.25, 0.3) is 0 Å². The number of sulfonamides is 1. The fourth-order valence-corrected chi connectivity index (χ4v) is 3.18. The Morgan fingerprint density at radius 1 is 1.38 bits per heavy atom. The minimum absolute atomic E-state index is 0.0941. The highest BCUT2D eigenvalue weighted by molar-refractivity contribution is 7.89. The monoisotopic (exact) mass is 248 g/mol. The fraction of sp³-hybridized carbons (Fsp3) is 1.00. The number of rotatable bonds is 9. The van der Waals surface area contributed by atoms with Gasteiger partial charge in [0.15, 0.2) is 0 Å². The van der Waals surface area contributed by atoms with Crippen LogP contribution < -0.4 is 10.0 Å². The molecule has 5 heteroatoms. The van der Waals surface area contributed by atoms with E-state index in [1.807, 2.05) is 13.8 Å². The Balaban J connectivity index is 2.16. The quantitative estimate of drug-likeness (QED) is 0.601. The van der Waals surface area contributed by atoms with Gasteiger partial charge in [0.2, 0.25) is 10.0 Å². The lowest BCUT2D eigenvalue weighted by atomic mass is 10.2. The second kappa shape index (κ2) is 6.57. The molecule has 0 saturated heterocycles. The standard InChI is InChI=1S/C11H24N2O2S/c1-3-12-7-4-8-16(14,15)13-10(2)9-11-5-6-11/h10-13H,3-9H2,1-2H3. The molecular weight excluding hydrogens is 224 g/mol. The molecule has 2 N–H and O–H groups in total. The molecule has 1 fully saturated rings. The van der Waals surface area contributed by atoms with Gasteiger partial charge in [-0.15, -0.1) is 0 Å². The molecule has 1 atom stereocenters. The third-order valence-corrected chi connectivity index (χ3v) is 4.37. The predicted octanol–water partition coefficient (Wildman–Crippen LogP) is 1.09. The highest BCUT2D eigenvalue weighted by Gasteiger charge is 2.25. The molecule has 16 heavy (non-hydrogen) atoms. The van der Waals surface area contributed by atoms with Gasteiger partial charge in [-0.25, -0.2) is 13.1 Å². The molecule has 0 bridgehead atoms. The maximum atomic E-state index is 11.7. The van der Waals surface area contributed by atoms with E-state index in [0.29, 0.717) is 6.42 Å². The summed E-state index contributed by atoms with van der Waals surface area (Å²) in [6, 6.07) is 0.0941. The molecule has 1 unspecified atom stereocenters. The molecule has 0 aromatic carbocycles. The van der Waals surface area contributed by atoms with Crippen molar-refractivity contribution in [3.8, 4) is 0 Å². The zero-order valence-electron chi connectivity index (χ0n) is 10.3. The average molecular weight is 248 g/mol. The van der Waals surface area contributed by atoms with Crippen LogP contribution in [0.2, 0.25) is 0 Å². The molecule has 0 radical (unpaired) electrons. The Morgan fingerprint density at radius 2 is 2.06 bits per heavy atom. The molecule has 0 heterocycles. The van der Waals surface area contributed by atoms with Crippen molar-refractivity contribution >= 4 is 10.0 Å². The second-order valence-corrected chi connectivity index (χ2v) is 6.60. The van der Waals surface area contributed by atoms with Crippen LogP contribution in [0.1, 0.15) is 39.5 Å². The van der Waals surface area contributed by atoms with Crippen LogP contribution in [0.4, 0.5) is 0 Å². The van der Waals surface area contributed by atoms with Gasteiger partial charge in [-0.2, -0.15) is 0 Å². The lowest BCUT2D eigenvalue weighted by Gasteiger charge is -2.13. The number of hydrogen-bond acceptors (Lipinski definition) is 3. The van der Waals surface area contributed by atoms with Crippen molar-refractivity contribution < 1.29 is 8.42 Å². The number of hydrogen-bond donors (Lipinski definition) is 2. The minimum Gasteiger partial charge on any atom is -0.317 e. The maximum Gasteiger partial charge on any atom is 0.211 e. The fourth-order valence-electron chi connectivity index (χ4n) is 1.83. The summed E-state index contributed by atoms with van der Waals surface area (Å²) < 4.78 is 26.1. The zero-order chi connectivity index (χ0) is 12.0. The summed E-state index contributed by atoms with van der Waals surface area (Å²) in [5.74, 6) is 0.995. The molecule has 1 aliphatic carbocycles. The van der Waals surface area contributed by atoms with Crippen LogP contribution in [0.3, 0.4) is 0 Å². The Bertz CT molecular complexity index is 286. The van der Waals surface area contributed by atoms with E-state index in [1.165, 1.54) is 12.8 Å². The molecule has 0 aromatic heterocycles. The zero-order valence-corrected chi connectivity index (χ0v) is 11.1. The van der Waals surface area contributed by atoms with Crippen LogP contribution in [0.25, 0.3) is 0 Å². The van der Waals surface area contributed by atoms with Gasteiger partial charge < -0.3 is 5.32 Å². The van der Waals surface area contributed by atoms with E-state index in [-0.39, 0.29) is 11.8 Å². The first-order valence-corrected chi connectivity index (χ1v) is 7.89. The van der Waals surface area contributed by atoms with E-state index in [0.717, 1.165) is 25.4 Å². The number of nitrogens with one attached hydrogen (secondary N) is 2. The Morgan fingerprint density at radius 3 is 2.62 bits per heavy atom. The molecule has 1 aliphatic rings. The highest BCUT2D eigenvalue weighted by atomic mass is 32.2. The Kier molecular flexibility index (Phi) is 5.72. The molecule has 1 rings (SSSR count). The summed E-state index contributed by atoms with van der Waals surface area (Å²) in [5, 5.41) is 3.12. The molecular formula is C11H24N2O2S. The smallest absolute Gasteiger partial charge is 0.211 e. The molecule has 0 aromatic rings. The Hall–Kier alpha value is -0.130. The van der Waals surface area contributed by atoms with E-state index in [2.05, 4.69) is 10.0 Å². The van der Waals surface area contributed by atoms with Gasteiger partial charge >= 0.3 is 0 Å². The SMILES string of the molecule is CCNCCCS(=O)(=O)NC(C)CC1CC1. The summed E-state index contributed by atoms with van der Waals surface area (Å²) in [6.07, 6.45) is 4.21. The van der Waals surface area contributed by atoms with Crippen molar-refractivity contribution in [2.45, 2.75) is 45.6 Å². The first-order valence-electron chi connectivity index (χ1n) is 6.24. The lowest BCUT2D eigenvalue weighted by molar-refractivity contribution is 0.527. The molecule has 4 nitrogen and oxygen atoms in total. The molecule has 0 spiro atoms. The largest absolute Gasteiger partial charge is 0.317 e. The lowest BCUT2D eigenvalue weighted by Crippen LogP contribution is -2.35. The van der Waals surface area contributed by atoms with Crippen molar-refractivity contribution in [3.05, 3.63) is 0 Å². The summed E-state index contributed by atoms with van der Waals surface area (Å²) in [5.41, 5.74) is 0. The topological polar surface area (TPSA) is 58.2 Å². The summed E-state index contributed by atoms with van der Waals surface area (Å²) >= 11 is 0. The molecule has 1 saturated carbocycles. The van der Waals surface area contributed by atoms with E-state index in [4.69, 9.17) is 0 Å². The van der Waals surface area contributed by atoms with Gasteiger partial charge in [0, 0.05) is 6.04 Å². The van der Waals surface area contributed by atoms with Crippen molar-refractivity contribution in [2.24, 2.45) is 5.92 Å².